The second-order valence-corrected chi connectivity index (χ2v) is 6.60. The fraction of sp³-hybridized carbons (Fsp3) is 0.250. The molecule has 5 nitrogen and oxygen atoms in total. The maximum atomic E-state index is 13.6. The Labute approximate surface area is 150 Å². The number of hydrogen-bond acceptors (Lipinski definition) is 3. The molecule has 1 amide bonds. The van der Waals surface area contributed by atoms with Crippen molar-refractivity contribution >= 4 is 22.4 Å². The average molecular weight is 353 g/mol. The van der Waals surface area contributed by atoms with Crippen LogP contribution in [0.25, 0.3) is 10.8 Å². The van der Waals surface area contributed by atoms with Crippen molar-refractivity contribution < 1.29 is 9.18 Å². The molecular weight excluding hydrogens is 333 g/mol. The van der Waals surface area contributed by atoms with E-state index in [9.17, 15) is 14.0 Å². The number of hydrogen-bond donors (Lipinski definition) is 1. The lowest BCUT2D eigenvalue weighted by molar-refractivity contribution is 0.101. The molecule has 3 aromatic rings. The zero-order valence-corrected chi connectivity index (χ0v) is 14.7. The second-order valence-electron chi connectivity index (χ2n) is 6.60. The van der Waals surface area contributed by atoms with Crippen LogP contribution in [0.5, 0.6) is 0 Å². The Morgan fingerprint density at radius 3 is 2.77 bits per heavy atom. The third-order valence-electron chi connectivity index (χ3n) is 4.16. The van der Waals surface area contributed by atoms with Gasteiger partial charge < -0.3 is 9.88 Å². The van der Waals surface area contributed by atoms with Crippen molar-refractivity contribution in [1.29, 1.82) is 0 Å². The SMILES string of the molecule is CC(C)CCn1c(C(=O)Nc2cccnc2)cc2ccc(F)cc2c1=O. The van der Waals surface area contributed by atoms with Gasteiger partial charge in [-0.05, 0) is 48.1 Å². The quantitative estimate of drug-likeness (QED) is 0.758. The van der Waals surface area contributed by atoms with Gasteiger partial charge in [0.1, 0.15) is 11.5 Å². The third-order valence-corrected chi connectivity index (χ3v) is 4.16. The maximum Gasteiger partial charge on any atom is 0.272 e. The van der Waals surface area contributed by atoms with Crippen LogP contribution in [0.1, 0.15) is 30.8 Å². The highest BCUT2D eigenvalue weighted by Crippen LogP contribution is 2.16. The molecule has 0 unspecified atom stereocenters. The van der Waals surface area contributed by atoms with Gasteiger partial charge in [0.05, 0.1) is 17.3 Å². The van der Waals surface area contributed by atoms with Gasteiger partial charge in [-0.15, -0.1) is 0 Å². The van der Waals surface area contributed by atoms with E-state index in [1.54, 1.807) is 24.4 Å². The minimum Gasteiger partial charge on any atom is -0.319 e. The maximum absolute atomic E-state index is 13.6. The van der Waals surface area contributed by atoms with Gasteiger partial charge >= 0.3 is 0 Å². The molecule has 0 radical (unpaired) electrons. The van der Waals surface area contributed by atoms with Crippen LogP contribution in [0.2, 0.25) is 0 Å². The Bertz CT molecular complexity index is 997. The highest BCUT2D eigenvalue weighted by atomic mass is 19.1. The van der Waals surface area contributed by atoms with Gasteiger partial charge in [0, 0.05) is 12.7 Å². The molecule has 0 saturated heterocycles. The van der Waals surface area contributed by atoms with Crippen LogP contribution in [0.4, 0.5) is 10.1 Å². The molecule has 6 heteroatoms. The molecule has 0 saturated carbocycles. The first-order valence-corrected chi connectivity index (χ1v) is 8.50. The zero-order chi connectivity index (χ0) is 18.7. The van der Waals surface area contributed by atoms with Crippen molar-refractivity contribution in [3.05, 3.63) is 70.7 Å². The van der Waals surface area contributed by atoms with E-state index in [-0.39, 0.29) is 16.6 Å². The molecule has 0 aliphatic rings. The molecule has 26 heavy (non-hydrogen) atoms. The van der Waals surface area contributed by atoms with Crippen LogP contribution in [-0.2, 0) is 6.54 Å². The number of amides is 1. The molecule has 0 bridgehead atoms. The summed E-state index contributed by atoms with van der Waals surface area (Å²) in [7, 11) is 0. The van der Waals surface area contributed by atoms with Crippen molar-refractivity contribution in [2.45, 2.75) is 26.8 Å². The van der Waals surface area contributed by atoms with Gasteiger partial charge in [-0.3, -0.25) is 14.6 Å². The van der Waals surface area contributed by atoms with Crippen molar-refractivity contribution in [2.24, 2.45) is 5.92 Å². The van der Waals surface area contributed by atoms with Crippen molar-refractivity contribution in [3.8, 4) is 0 Å². The van der Waals surface area contributed by atoms with Gasteiger partial charge in [0.25, 0.3) is 11.5 Å². The Morgan fingerprint density at radius 2 is 2.08 bits per heavy atom. The molecule has 0 aliphatic heterocycles. The average Bonchev–Trinajstić information content (AvgIpc) is 2.62. The molecule has 0 spiro atoms. The topological polar surface area (TPSA) is 64.0 Å². The van der Waals surface area contributed by atoms with Crippen molar-refractivity contribution in [2.75, 3.05) is 5.32 Å². The molecule has 0 aliphatic carbocycles. The minimum atomic E-state index is -0.474. The van der Waals surface area contributed by atoms with Crippen LogP contribution >= 0.6 is 0 Å². The number of benzene rings is 1. The van der Waals surface area contributed by atoms with Crippen LogP contribution in [0, 0.1) is 11.7 Å². The Kier molecular flexibility index (Phi) is 5.11. The summed E-state index contributed by atoms with van der Waals surface area (Å²) in [4.78, 5) is 29.6. The Morgan fingerprint density at radius 1 is 1.27 bits per heavy atom. The number of rotatable bonds is 5. The fourth-order valence-corrected chi connectivity index (χ4v) is 2.75. The van der Waals surface area contributed by atoms with Crippen molar-refractivity contribution in [3.63, 3.8) is 0 Å². The molecule has 0 atom stereocenters. The van der Waals surface area contributed by atoms with Crippen LogP contribution in [0.3, 0.4) is 0 Å². The summed E-state index contributed by atoms with van der Waals surface area (Å²) in [6.07, 6.45) is 3.87. The summed E-state index contributed by atoms with van der Waals surface area (Å²) in [5.74, 6) is -0.512. The number of halogens is 1. The number of aromatic nitrogens is 2. The minimum absolute atomic E-state index is 0.249. The molecule has 3 rings (SSSR count). The Balaban J connectivity index is 2.09. The molecule has 1 aromatic carbocycles. The summed E-state index contributed by atoms with van der Waals surface area (Å²) >= 11 is 0. The smallest absolute Gasteiger partial charge is 0.272 e. The highest BCUT2D eigenvalue weighted by Gasteiger charge is 2.16. The first-order valence-electron chi connectivity index (χ1n) is 8.50. The van der Waals surface area contributed by atoms with Crippen LogP contribution in [0.15, 0.2) is 53.6 Å². The number of carbonyl (C=O) groups is 1. The third kappa shape index (κ3) is 3.79. The number of fused-ring (bicyclic) bond motifs is 1. The first kappa shape index (κ1) is 17.8. The predicted molar refractivity (Wildman–Crippen MR) is 99.8 cm³/mol. The van der Waals surface area contributed by atoms with E-state index in [0.717, 1.165) is 6.42 Å². The van der Waals surface area contributed by atoms with E-state index >= 15 is 0 Å². The fourth-order valence-electron chi connectivity index (χ4n) is 2.75. The van der Waals surface area contributed by atoms with E-state index in [1.807, 2.05) is 13.8 Å². The first-order chi connectivity index (χ1) is 12.5. The largest absolute Gasteiger partial charge is 0.319 e. The summed E-state index contributed by atoms with van der Waals surface area (Å²) in [6, 6.07) is 9.07. The van der Waals surface area contributed by atoms with E-state index in [1.165, 1.54) is 29.0 Å². The molecule has 1 N–H and O–H groups in total. The number of carbonyl (C=O) groups excluding carboxylic acids is 1. The van der Waals surface area contributed by atoms with Gasteiger partial charge in [-0.1, -0.05) is 19.9 Å². The lowest BCUT2D eigenvalue weighted by Crippen LogP contribution is -2.29. The number of anilines is 1. The molecule has 2 aromatic heterocycles. The van der Waals surface area contributed by atoms with E-state index in [2.05, 4.69) is 10.3 Å². The summed E-state index contributed by atoms with van der Waals surface area (Å²) in [6.45, 7) is 4.47. The van der Waals surface area contributed by atoms with Crippen LogP contribution in [-0.4, -0.2) is 15.5 Å². The van der Waals surface area contributed by atoms with Gasteiger partial charge in [-0.2, -0.15) is 0 Å². The summed E-state index contributed by atoms with van der Waals surface area (Å²) in [5.41, 5.74) is 0.428. The highest BCUT2D eigenvalue weighted by molar-refractivity contribution is 6.05. The monoisotopic (exact) mass is 353 g/mol. The van der Waals surface area contributed by atoms with Gasteiger partial charge in [0.15, 0.2) is 0 Å². The second kappa shape index (κ2) is 7.47. The normalized spacial score (nSPS) is 11.1. The van der Waals surface area contributed by atoms with E-state index < -0.39 is 11.7 Å². The number of nitrogens with zero attached hydrogens (tertiary/aromatic N) is 2. The molecule has 2 heterocycles. The zero-order valence-electron chi connectivity index (χ0n) is 14.7. The van der Waals surface area contributed by atoms with E-state index in [0.29, 0.717) is 23.5 Å². The standard InChI is InChI=1S/C20H20FN3O2/c1-13(2)7-9-24-18(19(25)23-16-4-3-8-22-12-16)10-14-5-6-15(21)11-17(14)20(24)26/h3-6,8,10-13H,7,9H2,1-2H3,(H,23,25). The predicted octanol–water partition coefficient (Wildman–Crippen LogP) is 3.83. The summed E-state index contributed by atoms with van der Waals surface area (Å²) < 4.78 is 15.0. The lowest BCUT2D eigenvalue weighted by Gasteiger charge is -2.15. The summed E-state index contributed by atoms with van der Waals surface area (Å²) in [5, 5.41) is 3.56. The van der Waals surface area contributed by atoms with Crippen molar-refractivity contribution in [1.82, 2.24) is 9.55 Å². The molecular formula is C20H20FN3O2. The molecule has 0 fully saturated rings. The Hall–Kier alpha value is -3.02. The molecule has 134 valence electrons. The lowest BCUT2D eigenvalue weighted by atomic mass is 10.1. The number of pyridine rings is 2. The number of nitrogens with one attached hydrogen (secondary N) is 1. The van der Waals surface area contributed by atoms with Gasteiger partial charge in [0.2, 0.25) is 0 Å². The van der Waals surface area contributed by atoms with Crippen LogP contribution < -0.4 is 10.9 Å². The van der Waals surface area contributed by atoms with E-state index in [4.69, 9.17) is 0 Å². The van der Waals surface area contributed by atoms with Gasteiger partial charge in [-0.25, -0.2) is 4.39 Å².